The summed E-state index contributed by atoms with van der Waals surface area (Å²) in [4.78, 5) is 26.0. The molecule has 0 fully saturated rings. The van der Waals surface area contributed by atoms with Gasteiger partial charge >= 0.3 is 0 Å². The number of anilines is 1. The SMILES string of the molecule is COc1c(Br)cc(C(=O)NCCCNc2c(C#N)c(C(=O)c3ccc(C)cc3)nn2-c2ccc(Cl)cc2)cc1Br. The van der Waals surface area contributed by atoms with Crippen molar-refractivity contribution in [2.24, 2.45) is 0 Å². The van der Waals surface area contributed by atoms with E-state index in [1.807, 2.05) is 19.1 Å². The van der Waals surface area contributed by atoms with Crippen molar-refractivity contribution in [3.05, 3.63) is 103 Å². The minimum atomic E-state index is -0.351. The number of halogens is 3. The summed E-state index contributed by atoms with van der Waals surface area (Å²) in [6.45, 7) is 2.71. The predicted molar refractivity (Wildman–Crippen MR) is 162 cm³/mol. The molecule has 0 aliphatic heterocycles. The number of nitrogens with one attached hydrogen (secondary N) is 2. The maximum absolute atomic E-state index is 13.3. The molecule has 0 saturated carbocycles. The number of aromatic nitrogens is 2. The fourth-order valence-electron chi connectivity index (χ4n) is 3.94. The molecule has 11 heteroatoms. The summed E-state index contributed by atoms with van der Waals surface area (Å²) in [6, 6.07) is 19.6. The quantitative estimate of drug-likeness (QED) is 0.142. The van der Waals surface area contributed by atoms with Gasteiger partial charge in [-0.1, -0.05) is 41.4 Å². The number of nitriles is 1. The molecule has 8 nitrogen and oxygen atoms in total. The third-order valence-electron chi connectivity index (χ3n) is 5.99. The Morgan fingerprint density at radius 1 is 1.02 bits per heavy atom. The number of nitrogens with zero attached hydrogens (tertiary/aromatic N) is 3. The molecule has 0 atom stereocenters. The first kappa shape index (κ1) is 29.3. The molecule has 1 heterocycles. The van der Waals surface area contributed by atoms with Gasteiger partial charge in [-0.15, -0.1) is 0 Å². The van der Waals surface area contributed by atoms with Crippen molar-refractivity contribution in [3.8, 4) is 17.5 Å². The first-order valence-corrected chi connectivity index (χ1v) is 14.2. The zero-order chi connectivity index (χ0) is 28.8. The average Bonchev–Trinajstić information content (AvgIpc) is 3.31. The fourth-order valence-corrected chi connectivity index (χ4v) is 5.58. The maximum atomic E-state index is 13.3. The number of hydrogen-bond acceptors (Lipinski definition) is 6. The van der Waals surface area contributed by atoms with E-state index in [4.69, 9.17) is 16.3 Å². The molecule has 0 aliphatic carbocycles. The van der Waals surface area contributed by atoms with Crippen LogP contribution in [0.4, 0.5) is 5.82 Å². The lowest BCUT2D eigenvalue weighted by molar-refractivity contribution is 0.0952. The number of ketones is 1. The summed E-state index contributed by atoms with van der Waals surface area (Å²) >= 11 is 12.9. The smallest absolute Gasteiger partial charge is 0.251 e. The highest BCUT2D eigenvalue weighted by Gasteiger charge is 2.25. The van der Waals surface area contributed by atoms with E-state index >= 15 is 0 Å². The van der Waals surface area contributed by atoms with Gasteiger partial charge in [0.25, 0.3) is 5.91 Å². The molecule has 0 saturated heterocycles. The lowest BCUT2D eigenvalue weighted by Crippen LogP contribution is -2.26. The minimum Gasteiger partial charge on any atom is -0.494 e. The summed E-state index contributed by atoms with van der Waals surface area (Å²) < 4.78 is 8.13. The van der Waals surface area contributed by atoms with Crippen LogP contribution >= 0.6 is 43.5 Å². The maximum Gasteiger partial charge on any atom is 0.251 e. The Morgan fingerprint density at radius 3 is 2.27 bits per heavy atom. The van der Waals surface area contributed by atoms with Crippen LogP contribution in [0, 0.1) is 18.3 Å². The largest absolute Gasteiger partial charge is 0.494 e. The van der Waals surface area contributed by atoms with Gasteiger partial charge in [0.1, 0.15) is 23.2 Å². The molecule has 0 radical (unpaired) electrons. The molecule has 3 aromatic carbocycles. The number of methoxy groups -OCH3 is 1. The Hall–Kier alpha value is -3.65. The molecule has 204 valence electrons. The zero-order valence-electron chi connectivity index (χ0n) is 21.6. The Balaban J connectivity index is 1.51. The van der Waals surface area contributed by atoms with Gasteiger partial charge < -0.3 is 15.4 Å². The van der Waals surface area contributed by atoms with Crippen LogP contribution in [0.15, 0.2) is 69.6 Å². The molecule has 0 bridgehead atoms. The number of carbonyl (C=O) groups is 2. The van der Waals surface area contributed by atoms with Crippen LogP contribution in [0.25, 0.3) is 5.69 Å². The monoisotopic (exact) mass is 683 g/mol. The van der Waals surface area contributed by atoms with Crippen molar-refractivity contribution in [1.82, 2.24) is 15.1 Å². The second kappa shape index (κ2) is 13.1. The molecule has 2 N–H and O–H groups in total. The van der Waals surface area contributed by atoms with E-state index in [1.165, 1.54) is 4.68 Å². The van der Waals surface area contributed by atoms with E-state index in [1.54, 1.807) is 55.6 Å². The molecule has 0 aliphatic rings. The summed E-state index contributed by atoms with van der Waals surface area (Å²) in [5, 5.41) is 21.2. The number of hydrogen-bond donors (Lipinski definition) is 2. The van der Waals surface area contributed by atoms with Gasteiger partial charge in [0.15, 0.2) is 5.69 Å². The number of benzene rings is 3. The third-order valence-corrected chi connectivity index (χ3v) is 7.42. The Bertz CT molecular complexity index is 1570. The van der Waals surface area contributed by atoms with Crippen molar-refractivity contribution in [1.29, 1.82) is 5.26 Å². The van der Waals surface area contributed by atoms with E-state index in [2.05, 4.69) is 53.7 Å². The zero-order valence-corrected chi connectivity index (χ0v) is 25.5. The van der Waals surface area contributed by atoms with Gasteiger partial charge in [-0.05, 0) is 81.6 Å². The second-order valence-corrected chi connectivity index (χ2v) is 10.9. The first-order valence-electron chi connectivity index (χ1n) is 12.2. The third kappa shape index (κ3) is 6.55. The van der Waals surface area contributed by atoms with E-state index in [9.17, 15) is 14.9 Å². The van der Waals surface area contributed by atoms with Crippen LogP contribution in [0.3, 0.4) is 0 Å². The molecule has 40 heavy (non-hydrogen) atoms. The lowest BCUT2D eigenvalue weighted by Gasteiger charge is -2.12. The molecule has 4 aromatic rings. The Labute approximate surface area is 253 Å². The van der Waals surface area contributed by atoms with E-state index in [0.29, 0.717) is 61.9 Å². The molecule has 0 spiro atoms. The predicted octanol–water partition coefficient (Wildman–Crippen LogP) is 6.70. The Morgan fingerprint density at radius 2 is 1.68 bits per heavy atom. The van der Waals surface area contributed by atoms with Crippen LogP contribution in [0.1, 0.15) is 44.0 Å². The van der Waals surface area contributed by atoms with Crippen molar-refractivity contribution < 1.29 is 14.3 Å². The molecule has 0 unspecified atom stereocenters. The van der Waals surface area contributed by atoms with Gasteiger partial charge in [-0.2, -0.15) is 10.4 Å². The highest BCUT2D eigenvalue weighted by molar-refractivity contribution is 9.11. The number of rotatable bonds is 10. The highest BCUT2D eigenvalue weighted by atomic mass is 79.9. The van der Waals surface area contributed by atoms with Gasteiger partial charge in [0, 0.05) is 29.2 Å². The fraction of sp³-hybridized carbons (Fsp3) is 0.172. The van der Waals surface area contributed by atoms with E-state index in [0.717, 1.165) is 5.56 Å². The van der Waals surface area contributed by atoms with Crippen LogP contribution < -0.4 is 15.4 Å². The lowest BCUT2D eigenvalue weighted by atomic mass is 10.0. The van der Waals surface area contributed by atoms with Crippen LogP contribution in [-0.2, 0) is 0 Å². The summed E-state index contributed by atoms with van der Waals surface area (Å²) in [5.74, 6) is 0.400. The highest BCUT2D eigenvalue weighted by Crippen LogP contribution is 2.34. The average molecular weight is 686 g/mol. The van der Waals surface area contributed by atoms with Crippen molar-refractivity contribution in [2.75, 3.05) is 25.5 Å². The summed E-state index contributed by atoms with van der Waals surface area (Å²) in [5.41, 5.74) is 2.75. The summed E-state index contributed by atoms with van der Waals surface area (Å²) in [7, 11) is 1.55. The molecular formula is C29H24Br2ClN5O3. The molecular weight excluding hydrogens is 662 g/mol. The number of amides is 1. The van der Waals surface area contributed by atoms with Gasteiger partial charge in [0.05, 0.1) is 21.7 Å². The number of aryl methyl sites for hydroxylation is 1. The molecule has 1 aromatic heterocycles. The van der Waals surface area contributed by atoms with Crippen LogP contribution in [0.2, 0.25) is 5.02 Å². The topological polar surface area (TPSA) is 109 Å². The van der Waals surface area contributed by atoms with E-state index < -0.39 is 0 Å². The summed E-state index contributed by atoms with van der Waals surface area (Å²) in [6.07, 6.45) is 0.544. The van der Waals surface area contributed by atoms with Gasteiger partial charge in [-0.25, -0.2) is 4.68 Å². The second-order valence-electron chi connectivity index (χ2n) is 8.78. The van der Waals surface area contributed by atoms with Crippen molar-refractivity contribution in [2.45, 2.75) is 13.3 Å². The van der Waals surface area contributed by atoms with Gasteiger partial charge in [0.2, 0.25) is 5.78 Å². The molecule has 4 rings (SSSR count). The molecule has 1 amide bonds. The van der Waals surface area contributed by atoms with Crippen molar-refractivity contribution in [3.63, 3.8) is 0 Å². The van der Waals surface area contributed by atoms with Gasteiger partial charge in [-0.3, -0.25) is 9.59 Å². The minimum absolute atomic E-state index is 0.0489. The number of carbonyl (C=O) groups excluding carboxylic acids is 2. The Kier molecular flexibility index (Phi) is 9.63. The standard InChI is InChI=1S/C29H24Br2ClN5O3/c1-17-4-6-18(7-5-17)26(38)25-22(16-33)28(37(36-25)21-10-8-20(32)9-11-21)34-12-3-13-35-29(39)19-14-23(30)27(40-2)24(31)15-19/h4-11,14-15,34H,3,12-13H2,1-2H3,(H,35,39). The van der Waals surface area contributed by atoms with Crippen LogP contribution in [0.5, 0.6) is 5.75 Å². The van der Waals surface area contributed by atoms with Crippen LogP contribution in [-0.4, -0.2) is 41.7 Å². The van der Waals surface area contributed by atoms with E-state index in [-0.39, 0.29) is 22.9 Å². The van der Waals surface area contributed by atoms with Crippen molar-refractivity contribution >= 4 is 61.0 Å². The number of ether oxygens (including phenoxy) is 1. The first-order chi connectivity index (χ1) is 19.2. The normalized spacial score (nSPS) is 10.6.